The van der Waals surface area contributed by atoms with Crippen LogP contribution in [-0.2, 0) is 12.8 Å². The summed E-state index contributed by atoms with van der Waals surface area (Å²) >= 11 is 0. The number of hydrogen-bond acceptors (Lipinski definition) is 8. The van der Waals surface area contributed by atoms with Gasteiger partial charge in [-0.05, 0) is 65.9 Å². The molecule has 0 bridgehead atoms. The molecule has 0 saturated carbocycles. The van der Waals surface area contributed by atoms with Gasteiger partial charge in [0.25, 0.3) is 0 Å². The van der Waals surface area contributed by atoms with Gasteiger partial charge >= 0.3 is 0 Å². The Kier molecular flexibility index (Phi) is 7.08. The first kappa shape index (κ1) is 25.7. The number of fused-ring (bicyclic) bond motifs is 2. The minimum Gasteiger partial charge on any atom is -0.493 e. The molecule has 0 amide bonds. The van der Waals surface area contributed by atoms with E-state index < -0.39 is 0 Å². The van der Waals surface area contributed by atoms with Crippen molar-refractivity contribution in [3.8, 4) is 51.4 Å². The van der Waals surface area contributed by atoms with Crippen molar-refractivity contribution < 1.29 is 33.2 Å². The molecule has 1 aliphatic carbocycles. The molecule has 3 aromatic rings. The molecule has 1 aliphatic heterocycles. The standard InChI is InChI=1S/C30H33NO7/c1-7-31-9-8-17-11-27(36-5)30(37-6)29-20-14-24(34-3)26(12-18(20)10-21(31)28(17)29)38-22-15-25(35-4)23(33-2)13-19(22)16-32/h11-16,21H,7-10H2,1-6H3/t21-/m0/s1. The first-order valence-electron chi connectivity index (χ1n) is 12.6. The number of methoxy groups -OCH3 is 5. The van der Waals surface area contributed by atoms with Gasteiger partial charge in [0, 0.05) is 24.2 Å². The van der Waals surface area contributed by atoms with E-state index >= 15 is 0 Å². The Morgan fingerprint density at radius 2 is 1.45 bits per heavy atom. The van der Waals surface area contributed by atoms with Crippen LogP contribution in [0.1, 0.15) is 40.0 Å². The summed E-state index contributed by atoms with van der Waals surface area (Å²) in [6.07, 6.45) is 2.50. The lowest BCUT2D eigenvalue weighted by molar-refractivity contribution is 0.112. The molecule has 0 saturated heterocycles. The minimum absolute atomic E-state index is 0.207. The zero-order valence-corrected chi connectivity index (χ0v) is 22.7. The highest BCUT2D eigenvalue weighted by atomic mass is 16.5. The van der Waals surface area contributed by atoms with Gasteiger partial charge in [-0.3, -0.25) is 9.69 Å². The Hall–Kier alpha value is -3.91. The summed E-state index contributed by atoms with van der Waals surface area (Å²) in [7, 11) is 8.02. The van der Waals surface area contributed by atoms with Crippen LogP contribution in [0.25, 0.3) is 11.1 Å². The van der Waals surface area contributed by atoms with Gasteiger partial charge in [-0.15, -0.1) is 0 Å². The van der Waals surface area contributed by atoms with Crippen molar-refractivity contribution in [3.05, 3.63) is 52.6 Å². The third-order valence-electron chi connectivity index (χ3n) is 7.58. The third kappa shape index (κ3) is 4.09. The lowest BCUT2D eigenvalue weighted by Crippen LogP contribution is -2.38. The van der Waals surface area contributed by atoms with E-state index in [-0.39, 0.29) is 6.04 Å². The number of benzene rings is 3. The molecule has 0 radical (unpaired) electrons. The average molecular weight is 520 g/mol. The molecule has 8 heteroatoms. The van der Waals surface area contributed by atoms with Gasteiger partial charge in [0.1, 0.15) is 5.75 Å². The van der Waals surface area contributed by atoms with Crippen LogP contribution in [0, 0.1) is 0 Å². The molecule has 200 valence electrons. The summed E-state index contributed by atoms with van der Waals surface area (Å²) in [6.45, 7) is 4.12. The second kappa shape index (κ2) is 10.5. The fraction of sp³-hybridized carbons (Fsp3) is 0.367. The van der Waals surface area contributed by atoms with Crippen molar-refractivity contribution in [2.45, 2.75) is 25.8 Å². The van der Waals surface area contributed by atoms with Gasteiger partial charge < -0.3 is 28.4 Å². The van der Waals surface area contributed by atoms with E-state index in [0.29, 0.717) is 40.1 Å². The van der Waals surface area contributed by atoms with Gasteiger partial charge in [-0.25, -0.2) is 0 Å². The maximum Gasteiger partial charge on any atom is 0.169 e. The van der Waals surface area contributed by atoms with Crippen molar-refractivity contribution in [2.24, 2.45) is 0 Å². The van der Waals surface area contributed by atoms with Gasteiger partial charge in [0.2, 0.25) is 0 Å². The molecule has 1 heterocycles. The smallest absolute Gasteiger partial charge is 0.169 e. The summed E-state index contributed by atoms with van der Waals surface area (Å²) in [6, 6.07) is 9.57. The van der Waals surface area contributed by atoms with Gasteiger partial charge in [-0.1, -0.05) is 6.92 Å². The van der Waals surface area contributed by atoms with Crippen molar-refractivity contribution >= 4 is 6.29 Å². The fourth-order valence-corrected chi connectivity index (χ4v) is 5.76. The van der Waals surface area contributed by atoms with Crippen LogP contribution < -0.4 is 28.4 Å². The predicted molar refractivity (Wildman–Crippen MR) is 144 cm³/mol. The normalized spacial score (nSPS) is 15.7. The number of carbonyl (C=O) groups is 1. The monoisotopic (exact) mass is 519 g/mol. The molecule has 0 unspecified atom stereocenters. The van der Waals surface area contributed by atoms with E-state index in [2.05, 4.69) is 17.9 Å². The first-order valence-corrected chi connectivity index (χ1v) is 12.6. The number of ether oxygens (including phenoxy) is 6. The Balaban J connectivity index is 1.69. The van der Waals surface area contributed by atoms with Gasteiger partial charge in [0.15, 0.2) is 40.8 Å². The molecule has 38 heavy (non-hydrogen) atoms. The van der Waals surface area contributed by atoms with Crippen molar-refractivity contribution in [3.63, 3.8) is 0 Å². The molecular formula is C30H33NO7. The molecule has 8 nitrogen and oxygen atoms in total. The Morgan fingerprint density at radius 1 is 0.789 bits per heavy atom. The second-order valence-electron chi connectivity index (χ2n) is 9.28. The van der Waals surface area contributed by atoms with E-state index in [1.165, 1.54) is 18.2 Å². The van der Waals surface area contributed by atoms with Crippen LogP contribution in [0.5, 0.6) is 40.2 Å². The summed E-state index contributed by atoms with van der Waals surface area (Å²) in [5.74, 6) is 3.74. The lowest BCUT2D eigenvalue weighted by atomic mass is 9.76. The van der Waals surface area contributed by atoms with Crippen molar-refractivity contribution in [1.29, 1.82) is 0 Å². The third-order valence-corrected chi connectivity index (χ3v) is 7.58. The number of carbonyl (C=O) groups excluding carboxylic acids is 1. The number of aldehydes is 1. The zero-order valence-electron chi connectivity index (χ0n) is 22.7. The highest BCUT2D eigenvalue weighted by molar-refractivity contribution is 5.85. The van der Waals surface area contributed by atoms with Crippen LogP contribution in [0.4, 0.5) is 0 Å². The Labute approximate surface area is 223 Å². The maximum absolute atomic E-state index is 11.9. The molecular weight excluding hydrogens is 486 g/mol. The summed E-state index contributed by atoms with van der Waals surface area (Å²) in [5, 5.41) is 0. The SMILES string of the molecule is CCN1CCc2cc(OC)c(OC)c3c2[C@@H]1Cc1cc(Oc2cc(OC)c(OC)cc2C=O)c(OC)cc1-3. The number of likely N-dealkylation sites (N-methyl/N-ethyl adjacent to an activating group) is 1. The van der Waals surface area contributed by atoms with E-state index in [9.17, 15) is 4.79 Å². The Morgan fingerprint density at radius 3 is 2.08 bits per heavy atom. The van der Waals surface area contributed by atoms with E-state index in [1.54, 1.807) is 40.6 Å². The highest BCUT2D eigenvalue weighted by Crippen LogP contribution is 2.54. The molecule has 3 aromatic carbocycles. The van der Waals surface area contributed by atoms with E-state index in [0.717, 1.165) is 54.7 Å². The predicted octanol–water partition coefficient (Wildman–Crippen LogP) is 5.48. The maximum atomic E-state index is 11.9. The summed E-state index contributed by atoms with van der Waals surface area (Å²) in [5.41, 5.74) is 6.09. The minimum atomic E-state index is 0.207. The molecule has 5 rings (SSSR count). The first-order chi connectivity index (χ1) is 18.5. The topological polar surface area (TPSA) is 75.7 Å². The number of rotatable bonds is 9. The molecule has 0 N–H and O–H groups in total. The fourth-order valence-electron chi connectivity index (χ4n) is 5.76. The molecule has 0 fully saturated rings. The van der Waals surface area contributed by atoms with Crippen LogP contribution in [0.2, 0.25) is 0 Å². The van der Waals surface area contributed by atoms with Crippen molar-refractivity contribution in [2.75, 3.05) is 48.6 Å². The zero-order chi connectivity index (χ0) is 27.0. The number of nitrogens with zero attached hydrogens (tertiary/aromatic N) is 1. The molecule has 0 aromatic heterocycles. The molecule has 1 atom stereocenters. The van der Waals surface area contributed by atoms with Crippen LogP contribution in [0.3, 0.4) is 0 Å². The summed E-state index contributed by atoms with van der Waals surface area (Å²) in [4.78, 5) is 14.4. The van der Waals surface area contributed by atoms with Crippen LogP contribution >= 0.6 is 0 Å². The second-order valence-corrected chi connectivity index (χ2v) is 9.28. The van der Waals surface area contributed by atoms with E-state index in [1.807, 2.05) is 12.1 Å². The van der Waals surface area contributed by atoms with Crippen molar-refractivity contribution in [1.82, 2.24) is 4.90 Å². The van der Waals surface area contributed by atoms with Gasteiger partial charge in [0.05, 0.1) is 41.1 Å². The Bertz CT molecular complexity index is 1380. The molecule has 2 aliphatic rings. The van der Waals surface area contributed by atoms with Crippen LogP contribution in [0.15, 0.2) is 30.3 Å². The summed E-state index contributed by atoms with van der Waals surface area (Å²) < 4.78 is 34.6. The molecule has 0 spiro atoms. The lowest BCUT2D eigenvalue weighted by Gasteiger charge is -2.42. The number of hydrogen-bond donors (Lipinski definition) is 0. The van der Waals surface area contributed by atoms with Crippen LogP contribution in [-0.4, -0.2) is 59.8 Å². The highest BCUT2D eigenvalue weighted by Gasteiger charge is 2.37. The largest absolute Gasteiger partial charge is 0.493 e. The average Bonchev–Trinajstić information content (AvgIpc) is 2.96. The quantitative estimate of drug-likeness (QED) is 0.344. The van der Waals surface area contributed by atoms with E-state index in [4.69, 9.17) is 28.4 Å². The van der Waals surface area contributed by atoms with Gasteiger partial charge in [-0.2, -0.15) is 0 Å².